The fourth-order valence-electron chi connectivity index (χ4n) is 1.59. The molecule has 2 heterocycles. The first-order valence-corrected chi connectivity index (χ1v) is 7.12. The quantitative estimate of drug-likeness (QED) is 0.928. The molecule has 2 rings (SSSR count). The molecule has 0 bridgehead atoms. The van der Waals surface area contributed by atoms with Gasteiger partial charge in [-0.2, -0.15) is 11.8 Å². The lowest BCUT2D eigenvalue weighted by Crippen LogP contribution is -2.29. The molecule has 1 aliphatic heterocycles. The van der Waals surface area contributed by atoms with Crippen LogP contribution in [-0.2, 0) is 0 Å². The molecule has 1 aliphatic rings. The highest BCUT2D eigenvalue weighted by atomic mass is 35.5. The number of rotatable bonds is 3. The number of thioether (sulfide) groups is 1. The topological polar surface area (TPSA) is 54.9 Å². The van der Waals surface area contributed by atoms with Crippen molar-refractivity contribution in [2.75, 3.05) is 18.1 Å². The molecule has 1 saturated heterocycles. The monoisotopic (exact) mass is 291 g/mol. The van der Waals surface area contributed by atoms with Gasteiger partial charge in [0.2, 0.25) is 0 Å². The van der Waals surface area contributed by atoms with Crippen molar-refractivity contribution in [3.05, 3.63) is 21.9 Å². The van der Waals surface area contributed by atoms with E-state index in [1.165, 1.54) is 11.8 Å². The zero-order valence-corrected chi connectivity index (χ0v) is 11.3. The SMILES string of the molecule is O=C(NCC1CCSC1)c1cc(Cl)nnc1Cl. The maximum absolute atomic E-state index is 11.8. The molecule has 1 N–H and O–H groups in total. The van der Waals surface area contributed by atoms with Crippen LogP contribution >= 0.6 is 35.0 Å². The molecule has 1 aromatic heterocycles. The van der Waals surface area contributed by atoms with Gasteiger partial charge in [0, 0.05) is 6.54 Å². The summed E-state index contributed by atoms with van der Waals surface area (Å²) in [5.41, 5.74) is 0.275. The molecule has 0 spiro atoms. The first-order valence-electron chi connectivity index (χ1n) is 5.21. The van der Waals surface area contributed by atoms with Crippen LogP contribution in [0.4, 0.5) is 0 Å². The van der Waals surface area contributed by atoms with Crippen molar-refractivity contribution in [3.63, 3.8) is 0 Å². The van der Waals surface area contributed by atoms with E-state index in [2.05, 4.69) is 15.5 Å². The average Bonchev–Trinajstić information content (AvgIpc) is 2.82. The standard InChI is InChI=1S/C10H11Cl2N3OS/c11-8-3-7(9(12)15-14-8)10(16)13-4-6-1-2-17-5-6/h3,6H,1-2,4-5H2,(H,13,16). The molecule has 4 nitrogen and oxygen atoms in total. The van der Waals surface area contributed by atoms with E-state index in [1.807, 2.05) is 11.8 Å². The molecule has 1 fully saturated rings. The molecule has 1 unspecified atom stereocenters. The van der Waals surface area contributed by atoms with Gasteiger partial charge >= 0.3 is 0 Å². The lowest BCUT2D eigenvalue weighted by atomic mass is 10.1. The van der Waals surface area contributed by atoms with E-state index in [9.17, 15) is 4.79 Å². The van der Waals surface area contributed by atoms with Crippen LogP contribution in [0.15, 0.2) is 6.07 Å². The van der Waals surface area contributed by atoms with Crippen LogP contribution in [-0.4, -0.2) is 34.2 Å². The van der Waals surface area contributed by atoms with E-state index in [0.29, 0.717) is 12.5 Å². The fourth-order valence-corrected chi connectivity index (χ4v) is 3.20. The lowest BCUT2D eigenvalue weighted by Gasteiger charge is -2.10. The van der Waals surface area contributed by atoms with Crippen molar-refractivity contribution in [2.24, 2.45) is 5.92 Å². The van der Waals surface area contributed by atoms with Gasteiger partial charge in [0.15, 0.2) is 10.3 Å². The van der Waals surface area contributed by atoms with Crippen LogP contribution in [0.5, 0.6) is 0 Å². The highest BCUT2D eigenvalue weighted by Gasteiger charge is 2.18. The Hall–Kier alpha value is -0.520. The second kappa shape index (κ2) is 5.89. The Morgan fingerprint density at radius 1 is 1.53 bits per heavy atom. The Kier molecular flexibility index (Phi) is 4.48. The van der Waals surface area contributed by atoms with Gasteiger partial charge in [-0.15, -0.1) is 10.2 Å². The molecular formula is C10H11Cl2N3OS. The largest absolute Gasteiger partial charge is 0.352 e. The second-order valence-corrected chi connectivity index (χ2v) is 5.71. The molecule has 0 saturated carbocycles. The summed E-state index contributed by atoms with van der Waals surface area (Å²) in [6, 6.07) is 1.43. The molecule has 1 amide bonds. The fraction of sp³-hybridized carbons (Fsp3) is 0.500. The predicted molar refractivity (Wildman–Crippen MR) is 69.8 cm³/mol. The minimum Gasteiger partial charge on any atom is -0.352 e. The first-order chi connectivity index (χ1) is 8.16. The van der Waals surface area contributed by atoms with Crippen LogP contribution < -0.4 is 5.32 Å². The third-order valence-corrected chi connectivity index (χ3v) is 4.23. The van der Waals surface area contributed by atoms with Gasteiger partial charge in [0.1, 0.15) is 0 Å². The average molecular weight is 292 g/mol. The number of carbonyl (C=O) groups excluding carboxylic acids is 1. The molecule has 17 heavy (non-hydrogen) atoms. The molecule has 0 aliphatic carbocycles. The maximum Gasteiger partial charge on any atom is 0.254 e. The van der Waals surface area contributed by atoms with E-state index in [0.717, 1.165) is 12.2 Å². The Bertz CT molecular complexity index is 424. The van der Waals surface area contributed by atoms with Gasteiger partial charge in [-0.3, -0.25) is 4.79 Å². The van der Waals surface area contributed by atoms with E-state index in [-0.39, 0.29) is 21.8 Å². The third-order valence-electron chi connectivity index (χ3n) is 2.54. The summed E-state index contributed by atoms with van der Waals surface area (Å²) in [6.45, 7) is 0.669. The lowest BCUT2D eigenvalue weighted by molar-refractivity contribution is 0.0948. The summed E-state index contributed by atoms with van der Waals surface area (Å²) in [6.07, 6.45) is 1.15. The minimum absolute atomic E-state index is 0.0766. The Balaban J connectivity index is 1.96. The van der Waals surface area contributed by atoms with Gasteiger partial charge < -0.3 is 5.32 Å². The van der Waals surface area contributed by atoms with Crippen LogP contribution in [0.3, 0.4) is 0 Å². The third kappa shape index (κ3) is 3.47. The number of nitrogens with one attached hydrogen (secondary N) is 1. The number of amides is 1. The maximum atomic E-state index is 11.8. The Morgan fingerprint density at radius 3 is 3.06 bits per heavy atom. The summed E-state index contributed by atoms with van der Waals surface area (Å²) < 4.78 is 0. The first kappa shape index (κ1) is 12.9. The molecular weight excluding hydrogens is 281 g/mol. The number of aromatic nitrogens is 2. The molecule has 1 atom stereocenters. The number of hydrogen-bond donors (Lipinski definition) is 1. The zero-order valence-electron chi connectivity index (χ0n) is 8.95. The highest BCUT2D eigenvalue weighted by Crippen LogP contribution is 2.22. The number of carbonyl (C=O) groups is 1. The van der Waals surface area contributed by atoms with E-state index in [4.69, 9.17) is 23.2 Å². The smallest absolute Gasteiger partial charge is 0.254 e. The highest BCUT2D eigenvalue weighted by molar-refractivity contribution is 7.99. The van der Waals surface area contributed by atoms with Crippen molar-refractivity contribution in [2.45, 2.75) is 6.42 Å². The Labute approximate surface area is 113 Å². The van der Waals surface area contributed by atoms with Gasteiger partial charge in [-0.25, -0.2) is 0 Å². The van der Waals surface area contributed by atoms with Gasteiger partial charge in [-0.05, 0) is 29.9 Å². The predicted octanol–water partition coefficient (Wildman–Crippen LogP) is 2.27. The van der Waals surface area contributed by atoms with Crippen molar-refractivity contribution >= 4 is 40.9 Å². The molecule has 7 heteroatoms. The zero-order chi connectivity index (χ0) is 12.3. The van der Waals surface area contributed by atoms with Crippen LogP contribution in [0.2, 0.25) is 10.3 Å². The van der Waals surface area contributed by atoms with Crippen LogP contribution in [0, 0.1) is 5.92 Å². The summed E-state index contributed by atoms with van der Waals surface area (Å²) in [5, 5.41) is 10.2. The van der Waals surface area contributed by atoms with Crippen LogP contribution in [0.1, 0.15) is 16.8 Å². The summed E-state index contributed by atoms with van der Waals surface area (Å²) >= 11 is 13.4. The minimum atomic E-state index is -0.247. The van der Waals surface area contributed by atoms with E-state index in [1.54, 1.807) is 0 Å². The normalized spacial score (nSPS) is 19.3. The molecule has 0 aromatic carbocycles. The molecule has 0 radical (unpaired) electrons. The van der Waals surface area contributed by atoms with Gasteiger partial charge in [0.25, 0.3) is 5.91 Å². The number of nitrogens with zero attached hydrogens (tertiary/aromatic N) is 2. The van der Waals surface area contributed by atoms with E-state index >= 15 is 0 Å². The number of hydrogen-bond acceptors (Lipinski definition) is 4. The van der Waals surface area contributed by atoms with Crippen molar-refractivity contribution in [1.29, 1.82) is 0 Å². The summed E-state index contributed by atoms with van der Waals surface area (Å²) in [5.74, 6) is 2.57. The van der Waals surface area contributed by atoms with Gasteiger partial charge in [-0.1, -0.05) is 23.2 Å². The van der Waals surface area contributed by atoms with Crippen molar-refractivity contribution < 1.29 is 4.79 Å². The summed E-state index contributed by atoms with van der Waals surface area (Å²) in [4.78, 5) is 11.8. The van der Waals surface area contributed by atoms with Crippen molar-refractivity contribution in [1.82, 2.24) is 15.5 Å². The Morgan fingerprint density at radius 2 is 2.35 bits per heavy atom. The molecule has 1 aromatic rings. The number of halogens is 2. The van der Waals surface area contributed by atoms with Crippen molar-refractivity contribution in [3.8, 4) is 0 Å². The molecule has 92 valence electrons. The van der Waals surface area contributed by atoms with Crippen LogP contribution in [0.25, 0.3) is 0 Å². The van der Waals surface area contributed by atoms with E-state index < -0.39 is 0 Å². The summed E-state index contributed by atoms with van der Waals surface area (Å²) in [7, 11) is 0. The van der Waals surface area contributed by atoms with Gasteiger partial charge in [0.05, 0.1) is 5.56 Å². The second-order valence-electron chi connectivity index (χ2n) is 3.81.